The van der Waals surface area contributed by atoms with Crippen LogP contribution in [-0.2, 0) is 26.5 Å². The summed E-state index contributed by atoms with van der Waals surface area (Å²) in [5, 5.41) is 2.83. The van der Waals surface area contributed by atoms with E-state index in [1.807, 2.05) is 50.2 Å². The number of hydrogen-bond donors (Lipinski definition) is 1. The molecule has 7 nitrogen and oxygen atoms in total. The normalized spacial score (nSPS) is 19.2. The number of aryl methyl sites for hydroxylation is 1. The molecule has 2 atom stereocenters. The number of rotatable bonds is 8. The van der Waals surface area contributed by atoms with Gasteiger partial charge >= 0.3 is 12.0 Å². The SMILES string of the molecule is CCC(C(=O)OCc1ccccc1)N1C(=O)NC(CC)(c2ccc(OC)c(C)c2)C1=O. The second kappa shape index (κ2) is 9.20. The smallest absolute Gasteiger partial charge is 0.329 e. The third kappa shape index (κ3) is 4.13. The lowest BCUT2D eigenvalue weighted by atomic mass is 9.86. The lowest BCUT2D eigenvalue weighted by molar-refractivity contribution is -0.154. The second-order valence-electron chi connectivity index (χ2n) is 7.57. The van der Waals surface area contributed by atoms with Crippen LogP contribution in [0.3, 0.4) is 0 Å². The highest BCUT2D eigenvalue weighted by atomic mass is 16.5. The number of amides is 3. The van der Waals surface area contributed by atoms with Crippen molar-refractivity contribution < 1.29 is 23.9 Å². The summed E-state index contributed by atoms with van der Waals surface area (Å²) < 4.78 is 10.7. The van der Waals surface area contributed by atoms with Gasteiger partial charge in [0.1, 0.15) is 23.9 Å². The second-order valence-corrected chi connectivity index (χ2v) is 7.57. The summed E-state index contributed by atoms with van der Waals surface area (Å²) in [5.41, 5.74) is 1.10. The predicted molar refractivity (Wildman–Crippen MR) is 115 cm³/mol. The van der Waals surface area contributed by atoms with E-state index in [0.717, 1.165) is 16.0 Å². The first-order chi connectivity index (χ1) is 14.9. The molecular formula is C24H28N2O5. The van der Waals surface area contributed by atoms with Crippen molar-refractivity contribution in [1.82, 2.24) is 10.2 Å². The maximum Gasteiger partial charge on any atom is 0.329 e. The number of carbonyl (C=O) groups is 3. The fourth-order valence-corrected chi connectivity index (χ4v) is 3.94. The fraction of sp³-hybridized carbons (Fsp3) is 0.375. The molecule has 0 saturated carbocycles. The number of imide groups is 1. The summed E-state index contributed by atoms with van der Waals surface area (Å²) in [4.78, 5) is 40.2. The first-order valence-corrected chi connectivity index (χ1v) is 10.4. The van der Waals surface area contributed by atoms with E-state index in [2.05, 4.69) is 5.32 Å². The van der Waals surface area contributed by atoms with Crippen molar-refractivity contribution in [1.29, 1.82) is 0 Å². The van der Waals surface area contributed by atoms with E-state index in [-0.39, 0.29) is 13.0 Å². The third-order valence-corrected chi connectivity index (χ3v) is 5.74. The van der Waals surface area contributed by atoms with E-state index in [4.69, 9.17) is 9.47 Å². The molecule has 1 heterocycles. The fourth-order valence-electron chi connectivity index (χ4n) is 3.94. The number of ether oxygens (including phenoxy) is 2. The summed E-state index contributed by atoms with van der Waals surface area (Å²) in [5.74, 6) is -0.361. The third-order valence-electron chi connectivity index (χ3n) is 5.74. The van der Waals surface area contributed by atoms with Crippen molar-refractivity contribution in [2.45, 2.75) is 51.8 Å². The number of esters is 1. The molecule has 1 N–H and O–H groups in total. The van der Waals surface area contributed by atoms with Crippen LogP contribution in [0.2, 0.25) is 0 Å². The Hall–Kier alpha value is -3.35. The summed E-state index contributed by atoms with van der Waals surface area (Å²) in [7, 11) is 1.58. The molecule has 1 saturated heterocycles. The van der Waals surface area contributed by atoms with Gasteiger partial charge in [0.15, 0.2) is 0 Å². The minimum Gasteiger partial charge on any atom is -0.496 e. The van der Waals surface area contributed by atoms with Gasteiger partial charge in [-0.25, -0.2) is 14.5 Å². The van der Waals surface area contributed by atoms with Gasteiger partial charge in [-0.1, -0.05) is 50.2 Å². The Kier molecular flexibility index (Phi) is 6.63. The van der Waals surface area contributed by atoms with Crippen LogP contribution in [0.4, 0.5) is 4.79 Å². The highest BCUT2D eigenvalue weighted by Crippen LogP contribution is 2.36. The molecule has 7 heteroatoms. The number of urea groups is 1. The first kappa shape index (κ1) is 22.3. The zero-order chi connectivity index (χ0) is 22.6. The van der Waals surface area contributed by atoms with Gasteiger partial charge in [0.05, 0.1) is 7.11 Å². The lowest BCUT2D eigenvalue weighted by Gasteiger charge is -2.28. The molecular weight excluding hydrogens is 396 g/mol. The van der Waals surface area contributed by atoms with Gasteiger partial charge in [-0.3, -0.25) is 4.79 Å². The van der Waals surface area contributed by atoms with Crippen LogP contribution < -0.4 is 10.1 Å². The zero-order valence-corrected chi connectivity index (χ0v) is 18.3. The molecule has 0 aliphatic carbocycles. The molecule has 2 aromatic rings. The van der Waals surface area contributed by atoms with Gasteiger partial charge in [0.25, 0.3) is 5.91 Å². The van der Waals surface area contributed by atoms with E-state index in [1.54, 1.807) is 26.2 Å². The maximum absolute atomic E-state index is 13.5. The minimum atomic E-state index is -1.23. The highest BCUT2D eigenvalue weighted by molar-refractivity contribution is 6.09. The van der Waals surface area contributed by atoms with Crippen LogP contribution in [0.15, 0.2) is 48.5 Å². The highest BCUT2D eigenvalue weighted by Gasteiger charge is 2.54. The average molecular weight is 424 g/mol. The molecule has 0 spiro atoms. The van der Waals surface area contributed by atoms with Crippen molar-refractivity contribution in [3.63, 3.8) is 0 Å². The molecule has 3 amide bonds. The standard InChI is InChI=1S/C24H28N2O5/c1-5-19(21(27)31-15-17-10-8-7-9-11-17)26-22(28)24(6-2,25-23(26)29)18-12-13-20(30-4)16(3)14-18/h7-14,19H,5-6,15H2,1-4H3,(H,25,29). The number of nitrogens with zero attached hydrogens (tertiary/aromatic N) is 1. The van der Waals surface area contributed by atoms with Crippen molar-refractivity contribution in [2.75, 3.05) is 7.11 Å². The zero-order valence-electron chi connectivity index (χ0n) is 18.3. The largest absolute Gasteiger partial charge is 0.496 e. The van der Waals surface area contributed by atoms with E-state index in [1.165, 1.54) is 0 Å². The molecule has 1 fully saturated rings. The van der Waals surface area contributed by atoms with Crippen LogP contribution >= 0.6 is 0 Å². The molecule has 31 heavy (non-hydrogen) atoms. The molecule has 1 aliphatic heterocycles. The minimum absolute atomic E-state index is 0.0798. The van der Waals surface area contributed by atoms with E-state index >= 15 is 0 Å². The lowest BCUT2D eigenvalue weighted by Crippen LogP contribution is -2.48. The molecule has 0 radical (unpaired) electrons. The Labute approximate surface area is 182 Å². The van der Waals surface area contributed by atoms with Crippen molar-refractivity contribution in [2.24, 2.45) is 0 Å². The summed E-state index contributed by atoms with van der Waals surface area (Å²) >= 11 is 0. The van der Waals surface area contributed by atoms with Gasteiger partial charge in [0, 0.05) is 0 Å². The summed E-state index contributed by atoms with van der Waals surface area (Å²) in [6.45, 7) is 5.53. The topological polar surface area (TPSA) is 84.9 Å². The predicted octanol–water partition coefficient (Wildman–Crippen LogP) is 3.68. The Morgan fingerprint density at radius 3 is 2.42 bits per heavy atom. The molecule has 3 rings (SSSR count). The van der Waals surface area contributed by atoms with Crippen LogP contribution in [0.25, 0.3) is 0 Å². The Bertz CT molecular complexity index is 975. The van der Waals surface area contributed by atoms with Gasteiger partial charge < -0.3 is 14.8 Å². The van der Waals surface area contributed by atoms with E-state index < -0.39 is 29.5 Å². The van der Waals surface area contributed by atoms with Crippen molar-refractivity contribution in [3.05, 3.63) is 65.2 Å². The molecule has 2 aromatic carbocycles. The van der Waals surface area contributed by atoms with Crippen molar-refractivity contribution in [3.8, 4) is 5.75 Å². The van der Waals surface area contributed by atoms with Gasteiger partial charge in [-0.05, 0) is 48.6 Å². The average Bonchev–Trinajstić information content (AvgIpc) is 3.04. The number of nitrogens with one attached hydrogen (secondary N) is 1. The Balaban J connectivity index is 1.85. The van der Waals surface area contributed by atoms with Crippen LogP contribution in [0, 0.1) is 6.92 Å². The molecule has 2 unspecified atom stereocenters. The van der Waals surface area contributed by atoms with Crippen LogP contribution in [0.1, 0.15) is 43.4 Å². The van der Waals surface area contributed by atoms with Gasteiger partial charge in [0.2, 0.25) is 0 Å². The quantitative estimate of drug-likeness (QED) is 0.516. The van der Waals surface area contributed by atoms with E-state index in [9.17, 15) is 14.4 Å². The molecule has 164 valence electrons. The number of hydrogen-bond acceptors (Lipinski definition) is 5. The first-order valence-electron chi connectivity index (χ1n) is 10.4. The Morgan fingerprint density at radius 1 is 1.13 bits per heavy atom. The van der Waals surface area contributed by atoms with Crippen LogP contribution in [-0.4, -0.2) is 36.0 Å². The summed E-state index contributed by atoms with van der Waals surface area (Å²) in [6, 6.07) is 13.0. The van der Waals surface area contributed by atoms with E-state index in [0.29, 0.717) is 17.7 Å². The molecule has 0 aromatic heterocycles. The van der Waals surface area contributed by atoms with Crippen LogP contribution in [0.5, 0.6) is 5.75 Å². The molecule has 1 aliphatic rings. The number of benzene rings is 2. The number of methoxy groups -OCH3 is 1. The Morgan fingerprint density at radius 2 is 1.84 bits per heavy atom. The monoisotopic (exact) mass is 424 g/mol. The maximum atomic E-state index is 13.5. The van der Waals surface area contributed by atoms with Crippen molar-refractivity contribution >= 4 is 17.9 Å². The summed E-state index contributed by atoms with van der Waals surface area (Å²) in [6.07, 6.45) is 0.601. The molecule has 0 bridgehead atoms. The van der Waals surface area contributed by atoms with Gasteiger partial charge in [-0.15, -0.1) is 0 Å². The van der Waals surface area contributed by atoms with Gasteiger partial charge in [-0.2, -0.15) is 0 Å². The number of carbonyl (C=O) groups excluding carboxylic acids is 3.